The molecule has 2 N–H and O–H groups in total. The van der Waals surface area contributed by atoms with Crippen LogP contribution in [0.4, 0.5) is 5.69 Å². The number of hydrogen-bond acceptors (Lipinski definition) is 2. The Morgan fingerprint density at radius 3 is 2.43 bits per heavy atom. The van der Waals surface area contributed by atoms with Gasteiger partial charge >= 0.3 is 0 Å². The molecule has 2 rings (SSSR count). The largest absolute Gasteiger partial charge is 0.331 e. The standard InChI is InChI=1S/C19H29N3S/c1-13-7-6-8-17(14(13)2)20-18(23)22-21-16-11-9-15(10-12-16)19(3,4)5/h6-8,15H,9-12H2,1-5H3,(H2,20,22,23). The van der Waals surface area contributed by atoms with Gasteiger partial charge in [-0.2, -0.15) is 5.10 Å². The van der Waals surface area contributed by atoms with Crippen molar-refractivity contribution in [2.45, 2.75) is 60.3 Å². The molecule has 3 nitrogen and oxygen atoms in total. The lowest BCUT2D eigenvalue weighted by Gasteiger charge is -2.34. The molecule has 0 aromatic heterocycles. The van der Waals surface area contributed by atoms with Crippen molar-refractivity contribution in [3.63, 3.8) is 0 Å². The number of thiocarbonyl (C=S) groups is 1. The summed E-state index contributed by atoms with van der Waals surface area (Å²) in [4.78, 5) is 0. The smallest absolute Gasteiger partial charge is 0.191 e. The maximum atomic E-state index is 5.36. The van der Waals surface area contributed by atoms with Gasteiger partial charge in [0.1, 0.15) is 0 Å². The van der Waals surface area contributed by atoms with Gasteiger partial charge in [0.05, 0.1) is 0 Å². The number of aryl methyl sites for hydroxylation is 1. The second-order valence-corrected chi connectivity index (χ2v) is 8.04. The topological polar surface area (TPSA) is 36.4 Å². The van der Waals surface area contributed by atoms with Crippen molar-refractivity contribution in [1.29, 1.82) is 0 Å². The third-order valence-electron chi connectivity index (χ3n) is 4.96. The third kappa shape index (κ3) is 5.03. The number of benzene rings is 1. The maximum absolute atomic E-state index is 5.36. The van der Waals surface area contributed by atoms with Crippen LogP contribution in [0.3, 0.4) is 0 Å². The Hall–Kier alpha value is -1.42. The molecule has 4 heteroatoms. The Morgan fingerprint density at radius 2 is 1.83 bits per heavy atom. The van der Waals surface area contributed by atoms with E-state index in [1.54, 1.807) is 0 Å². The fourth-order valence-corrected chi connectivity index (χ4v) is 3.25. The van der Waals surface area contributed by atoms with Crippen molar-refractivity contribution in [3.8, 4) is 0 Å². The molecule has 0 spiro atoms. The molecule has 0 bridgehead atoms. The second-order valence-electron chi connectivity index (χ2n) is 7.63. The first kappa shape index (κ1) is 17.9. The Morgan fingerprint density at radius 1 is 1.17 bits per heavy atom. The highest BCUT2D eigenvalue weighted by Crippen LogP contribution is 2.36. The lowest BCUT2D eigenvalue weighted by Crippen LogP contribution is -2.29. The average molecular weight is 332 g/mol. The van der Waals surface area contributed by atoms with E-state index >= 15 is 0 Å². The highest BCUT2D eigenvalue weighted by molar-refractivity contribution is 7.80. The minimum atomic E-state index is 0.401. The number of nitrogens with zero attached hydrogens (tertiary/aromatic N) is 1. The van der Waals surface area contributed by atoms with Crippen LogP contribution < -0.4 is 10.7 Å². The molecule has 1 fully saturated rings. The van der Waals surface area contributed by atoms with E-state index in [0.717, 1.165) is 24.4 Å². The monoisotopic (exact) mass is 331 g/mol. The predicted octanol–water partition coefficient (Wildman–Crippen LogP) is 5.18. The Bertz CT molecular complexity index is 589. The van der Waals surface area contributed by atoms with E-state index < -0.39 is 0 Å². The molecule has 1 aliphatic carbocycles. The third-order valence-corrected chi connectivity index (χ3v) is 5.15. The van der Waals surface area contributed by atoms with Crippen molar-refractivity contribution < 1.29 is 0 Å². The lowest BCUT2D eigenvalue weighted by atomic mass is 9.72. The normalized spacial score (nSPS) is 18.5. The molecule has 0 aliphatic heterocycles. The molecule has 1 aliphatic rings. The molecule has 0 heterocycles. The predicted molar refractivity (Wildman–Crippen MR) is 104 cm³/mol. The molecule has 0 saturated heterocycles. The SMILES string of the molecule is Cc1cccc(NC(=S)NN=C2CCC(C(C)(C)C)CC2)c1C. The van der Waals surface area contributed by atoms with E-state index in [1.165, 1.54) is 29.7 Å². The van der Waals surface area contributed by atoms with Crippen LogP contribution in [0.25, 0.3) is 0 Å². The molecule has 1 aromatic carbocycles. The molecule has 23 heavy (non-hydrogen) atoms. The van der Waals surface area contributed by atoms with Gasteiger partial charge in [0.2, 0.25) is 0 Å². The summed E-state index contributed by atoms with van der Waals surface area (Å²) >= 11 is 5.36. The highest BCUT2D eigenvalue weighted by atomic mass is 32.1. The van der Waals surface area contributed by atoms with Gasteiger partial charge in [-0.25, -0.2) is 0 Å². The number of hydrazone groups is 1. The second kappa shape index (κ2) is 7.43. The zero-order valence-corrected chi connectivity index (χ0v) is 15.8. The number of hydrogen-bond donors (Lipinski definition) is 2. The van der Waals surface area contributed by atoms with Crippen molar-refractivity contribution >= 4 is 28.7 Å². The van der Waals surface area contributed by atoms with E-state index in [9.17, 15) is 0 Å². The lowest BCUT2D eigenvalue weighted by molar-refractivity contribution is 0.208. The molecule has 0 amide bonds. The van der Waals surface area contributed by atoms with Crippen molar-refractivity contribution in [2.75, 3.05) is 5.32 Å². The first-order chi connectivity index (χ1) is 10.8. The fraction of sp³-hybridized carbons (Fsp3) is 0.579. The van der Waals surface area contributed by atoms with E-state index in [4.69, 9.17) is 12.2 Å². The molecule has 0 unspecified atom stereocenters. The van der Waals surface area contributed by atoms with Gasteiger partial charge in [-0.1, -0.05) is 32.9 Å². The zero-order chi connectivity index (χ0) is 17.0. The summed E-state index contributed by atoms with van der Waals surface area (Å²) in [5, 5.41) is 8.31. The quantitative estimate of drug-likeness (QED) is 0.579. The number of anilines is 1. The Balaban J connectivity index is 1.86. The maximum Gasteiger partial charge on any atom is 0.191 e. The summed E-state index contributed by atoms with van der Waals surface area (Å²) in [5.74, 6) is 0.793. The minimum absolute atomic E-state index is 0.401. The first-order valence-corrected chi connectivity index (χ1v) is 8.87. The van der Waals surface area contributed by atoms with Crippen LogP contribution in [-0.4, -0.2) is 10.8 Å². The molecule has 1 aromatic rings. The molecular weight excluding hydrogens is 302 g/mol. The molecule has 0 atom stereocenters. The van der Waals surface area contributed by atoms with Crippen LogP contribution >= 0.6 is 12.2 Å². The highest BCUT2D eigenvalue weighted by Gasteiger charge is 2.28. The molecule has 0 radical (unpaired) electrons. The summed E-state index contributed by atoms with van der Waals surface area (Å²) < 4.78 is 0. The first-order valence-electron chi connectivity index (χ1n) is 8.46. The van der Waals surface area contributed by atoms with Crippen molar-refractivity contribution in [1.82, 2.24) is 5.43 Å². The minimum Gasteiger partial charge on any atom is -0.331 e. The molecular formula is C19H29N3S. The summed E-state index contributed by atoms with van der Waals surface area (Å²) in [7, 11) is 0. The van der Waals surface area contributed by atoms with Crippen LogP contribution in [0.2, 0.25) is 0 Å². The zero-order valence-electron chi connectivity index (χ0n) is 15.0. The van der Waals surface area contributed by atoms with Gasteiger partial charge in [-0.05, 0) is 80.3 Å². The summed E-state index contributed by atoms with van der Waals surface area (Å²) in [5.41, 5.74) is 8.16. The summed E-state index contributed by atoms with van der Waals surface area (Å²) in [6, 6.07) is 6.18. The van der Waals surface area contributed by atoms with Gasteiger partial charge < -0.3 is 5.32 Å². The van der Waals surface area contributed by atoms with E-state index in [1.807, 2.05) is 12.1 Å². The van der Waals surface area contributed by atoms with Crippen LogP contribution in [0.1, 0.15) is 57.6 Å². The van der Waals surface area contributed by atoms with Crippen molar-refractivity contribution in [2.24, 2.45) is 16.4 Å². The van der Waals surface area contributed by atoms with E-state index in [-0.39, 0.29) is 0 Å². The Kier molecular flexibility index (Phi) is 5.79. The van der Waals surface area contributed by atoms with Gasteiger partial charge in [0.25, 0.3) is 0 Å². The van der Waals surface area contributed by atoms with Crippen LogP contribution in [0.15, 0.2) is 23.3 Å². The number of rotatable bonds is 2. The van der Waals surface area contributed by atoms with Gasteiger partial charge in [0, 0.05) is 11.4 Å². The number of nitrogens with one attached hydrogen (secondary N) is 2. The average Bonchev–Trinajstić information content (AvgIpc) is 2.49. The van der Waals surface area contributed by atoms with Gasteiger partial charge in [0.15, 0.2) is 5.11 Å². The van der Waals surface area contributed by atoms with Gasteiger partial charge in [-0.3, -0.25) is 5.43 Å². The Labute approximate surface area is 145 Å². The van der Waals surface area contributed by atoms with Crippen molar-refractivity contribution in [3.05, 3.63) is 29.3 Å². The van der Waals surface area contributed by atoms with Gasteiger partial charge in [-0.15, -0.1) is 0 Å². The molecule has 1 saturated carbocycles. The van der Waals surface area contributed by atoms with Crippen LogP contribution in [-0.2, 0) is 0 Å². The van der Waals surface area contributed by atoms with Crippen LogP contribution in [0, 0.1) is 25.2 Å². The van der Waals surface area contributed by atoms with E-state index in [0.29, 0.717) is 10.5 Å². The van der Waals surface area contributed by atoms with Crippen LogP contribution in [0.5, 0.6) is 0 Å². The summed E-state index contributed by atoms with van der Waals surface area (Å²) in [6.07, 6.45) is 4.59. The van der Waals surface area contributed by atoms with E-state index in [2.05, 4.69) is 56.5 Å². The fourth-order valence-electron chi connectivity index (χ4n) is 3.10. The summed E-state index contributed by atoms with van der Waals surface area (Å²) in [6.45, 7) is 11.2. The molecule has 126 valence electrons.